The standard InChI is InChI=1S/C23H25N3O4/c1-15(27)26-10-8-23(9-11-26)24-18(16-6-7-21-22(12-16)30-14-29-21)13-19(25-23)17-4-2-3-5-20(17)28/h2-7,12,19,25,28H,8-11,13-14H2,1H3. The highest BCUT2D eigenvalue weighted by atomic mass is 16.7. The van der Waals surface area contributed by atoms with Gasteiger partial charge in [0.25, 0.3) is 0 Å². The van der Waals surface area contributed by atoms with E-state index in [1.54, 1.807) is 13.0 Å². The molecule has 7 nitrogen and oxygen atoms in total. The van der Waals surface area contributed by atoms with Crippen molar-refractivity contribution in [2.45, 2.75) is 37.9 Å². The predicted octanol–water partition coefficient (Wildman–Crippen LogP) is 2.98. The van der Waals surface area contributed by atoms with Gasteiger partial charge in [0, 0.05) is 56.6 Å². The summed E-state index contributed by atoms with van der Waals surface area (Å²) in [6.45, 7) is 3.16. The molecule has 2 aromatic rings. The van der Waals surface area contributed by atoms with Crippen molar-refractivity contribution in [1.29, 1.82) is 0 Å². The largest absolute Gasteiger partial charge is 0.508 e. The van der Waals surface area contributed by atoms with Gasteiger partial charge in [-0.05, 0) is 29.8 Å². The molecule has 3 heterocycles. The second-order valence-corrected chi connectivity index (χ2v) is 8.12. The maximum atomic E-state index is 11.8. The first-order valence-electron chi connectivity index (χ1n) is 10.3. The van der Waals surface area contributed by atoms with E-state index >= 15 is 0 Å². The van der Waals surface area contributed by atoms with E-state index < -0.39 is 5.66 Å². The molecule has 0 aromatic heterocycles. The molecule has 3 aliphatic rings. The van der Waals surface area contributed by atoms with Gasteiger partial charge in [-0.2, -0.15) is 0 Å². The molecule has 3 aliphatic heterocycles. The first-order valence-corrected chi connectivity index (χ1v) is 10.3. The first-order chi connectivity index (χ1) is 14.5. The summed E-state index contributed by atoms with van der Waals surface area (Å²) in [6.07, 6.45) is 2.10. The van der Waals surface area contributed by atoms with Crippen LogP contribution in [0.4, 0.5) is 0 Å². The van der Waals surface area contributed by atoms with Crippen molar-refractivity contribution in [2.75, 3.05) is 19.9 Å². The molecular formula is C23H25N3O4. The van der Waals surface area contributed by atoms with Crippen molar-refractivity contribution in [3.63, 3.8) is 0 Å². The predicted molar refractivity (Wildman–Crippen MR) is 112 cm³/mol. The quantitative estimate of drug-likeness (QED) is 0.800. The fourth-order valence-electron chi connectivity index (χ4n) is 4.58. The van der Waals surface area contributed by atoms with Crippen LogP contribution in [0.25, 0.3) is 0 Å². The third kappa shape index (κ3) is 3.39. The maximum Gasteiger partial charge on any atom is 0.231 e. The Morgan fingerprint density at radius 2 is 1.93 bits per heavy atom. The molecule has 1 unspecified atom stereocenters. The SMILES string of the molecule is CC(=O)N1CCC2(CC1)N=C(c1ccc3c(c1)OCO3)CC(c1ccccc1O)N2. The lowest BCUT2D eigenvalue weighted by molar-refractivity contribution is -0.130. The zero-order valence-electron chi connectivity index (χ0n) is 16.9. The van der Waals surface area contributed by atoms with E-state index in [4.69, 9.17) is 14.5 Å². The number of hydrogen-bond acceptors (Lipinski definition) is 6. The number of likely N-dealkylation sites (tertiary alicyclic amines) is 1. The third-order valence-corrected chi connectivity index (χ3v) is 6.24. The highest BCUT2D eigenvalue weighted by Crippen LogP contribution is 2.39. The molecule has 2 N–H and O–H groups in total. The van der Waals surface area contributed by atoms with Crippen LogP contribution in [0.15, 0.2) is 47.5 Å². The Bertz CT molecular complexity index is 1010. The van der Waals surface area contributed by atoms with Crippen molar-refractivity contribution in [1.82, 2.24) is 10.2 Å². The molecule has 156 valence electrons. The summed E-state index contributed by atoms with van der Waals surface area (Å²) < 4.78 is 11.0. The number of carbonyl (C=O) groups is 1. The summed E-state index contributed by atoms with van der Waals surface area (Å²) in [7, 11) is 0. The number of nitrogens with zero attached hydrogens (tertiary/aromatic N) is 2. The summed E-state index contributed by atoms with van der Waals surface area (Å²) in [5.74, 6) is 1.85. The van der Waals surface area contributed by atoms with E-state index in [9.17, 15) is 9.90 Å². The number of carbonyl (C=O) groups excluding carboxylic acids is 1. The normalized spacial score (nSPS) is 22.1. The molecule has 0 saturated carbocycles. The summed E-state index contributed by atoms with van der Waals surface area (Å²) >= 11 is 0. The molecule has 1 saturated heterocycles. The zero-order valence-corrected chi connectivity index (χ0v) is 16.9. The van der Waals surface area contributed by atoms with E-state index in [2.05, 4.69) is 5.32 Å². The van der Waals surface area contributed by atoms with E-state index in [-0.39, 0.29) is 24.5 Å². The Hall–Kier alpha value is -3.06. The molecule has 1 amide bonds. The lowest BCUT2D eigenvalue weighted by Gasteiger charge is -2.45. The zero-order chi connectivity index (χ0) is 20.7. The minimum Gasteiger partial charge on any atom is -0.508 e. The summed E-state index contributed by atoms with van der Waals surface area (Å²) in [5, 5.41) is 14.2. The number of rotatable bonds is 2. The summed E-state index contributed by atoms with van der Waals surface area (Å²) in [4.78, 5) is 18.8. The van der Waals surface area contributed by atoms with Crippen LogP contribution in [0.1, 0.15) is 43.4 Å². The Morgan fingerprint density at radius 3 is 2.70 bits per heavy atom. The Kier molecular flexibility index (Phi) is 4.62. The molecule has 7 heteroatoms. The minimum atomic E-state index is -0.469. The van der Waals surface area contributed by atoms with Gasteiger partial charge in [0.1, 0.15) is 11.4 Å². The lowest BCUT2D eigenvalue weighted by atomic mass is 9.87. The van der Waals surface area contributed by atoms with Gasteiger partial charge in [-0.15, -0.1) is 0 Å². The summed E-state index contributed by atoms with van der Waals surface area (Å²) in [5.41, 5.74) is 2.35. The molecule has 30 heavy (non-hydrogen) atoms. The Balaban J connectivity index is 1.52. The number of phenols is 1. The van der Waals surface area contributed by atoms with Gasteiger partial charge in [-0.1, -0.05) is 18.2 Å². The average Bonchev–Trinajstić information content (AvgIpc) is 3.22. The van der Waals surface area contributed by atoms with Crippen LogP contribution in [0.3, 0.4) is 0 Å². The number of benzene rings is 2. The number of para-hydroxylation sites is 1. The third-order valence-electron chi connectivity index (χ3n) is 6.24. The highest BCUT2D eigenvalue weighted by Gasteiger charge is 2.41. The number of fused-ring (bicyclic) bond motifs is 1. The minimum absolute atomic E-state index is 0.0759. The van der Waals surface area contributed by atoms with Gasteiger partial charge >= 0.3 is 0 Å². The van der Waals surface area contributed by atoms with Gasteiger partial charge < -0.3 is 19.5 Å². The van der Waals surface area contributed by atoms with Gasteiger partial charge in [0.15, 0.2) is 11.5 Å². The number of aromatic hydroxyl groups is 1. The van der Waals surface area contributed by atoms with Crippen LogP contribution >= 0.6 is 0 Å². The van der Waals surface area contributed by atoms with E-state index in [0.29, 0.717) is 19.5 Å². The maximum absolute atomic E-state index is 11.8. The van der Waals surface area contributed by atoms with Gasteiger partial charge in [-0.25, -0.2) is 0 Å². The van der Waals surface area contributed by atoms with Crippen LogP contribution < -0.4 is 14.8 Å². The van der Waals surface area contributed by atoms with Gasteiger partial charge in [0.2, 0.25) is 12.7 Å². The fraction of sp³-hybridized carbons (Fsp3) is 0.391. The molecule has 1 spiro atoms. The van der Waals surface area contributed by atoms with E-state index in [1.165, 1.54) is 0 Å². The van der Waals surface area contributed by atoms with Crippen molar-refractivity contribution in [2.24, 2.45) is 4.99 Å². The van der Waals surface area contributed by atoms with Crippen LogP contribution in [0.2, 0.25) is 0 Å². The van der Waals surface area contributed by atoms with Crippen molar-refractivity contribution in [3.05, 3.63) is 53.6 Å². The molecule has 0 aliphatic carbocycles. The topological polar surface area (TPSA) is 83.4 Å². The number of aliphatic imine (C=N–C) groups is 1. The molecule has 5 rings (SSSR count). The molecule has 1 atom stereocenters. The highest BCUT2D eigenvalue weighted by molar-refractivity contribution is 6.02. The number of piperidine rings is 1. The first kappa shape index (κ1) is 18.9. The van der Waals surface area contributed by atoms with Crippen LogP contribution in [0.5, 0.6) is 17.2 Å². The molecular weight excluding hydrogens is 382 g/mol. The monoisotopic (exact) mass is 407 g/mol. The van der Waals surface area contributed by atoms with Crippen LogP contribution in [-0.4, -0.2) is 47.2 Å². The number of hydrogen-bond donors (Lipinski definition) is 2. The number of nitrogens with one attached hydrogen (secondary N) is 1. The summed E-state index contributed by atoms with van der Waals surface area (Å²) in [6, 6.07) is 13.3. The number of amides is 1. The number of phenolic OH excluding ortho intramolecular Hbond substituents is 1. The fourth-order valence-corrected chi connectivity index (χ4v) is 4.58. The second kappa shape index (κ2) is 7.32. The average molecular weight is 407 g/mol. The lowest BCUT2D eigenvalue weighted by Crippen LogP contribution is -2.56. The second-order valence-electron chi connectivity index (χ2n) is 8.12. The van der Waals surface area contributed by atoms with Crippen molar-refractivity contribution >= 4 is 11.6 Å². The van der Waals surface area contributed by atoms with Crippen LogP contribution in [-0.2, 0) is 4.79 Å². The molecule has 0 radical (unpaired) electrons. The Labute approximate surface area is 175 Å². The molecule has 1 fully saturated rings. The smallest absolute Gasteiger partial charge is 0.231 e. The molecule has 2 aromatic carbocycles. The Morgan fingerprint density at radius 1 is 1.17 bits per heavy atom. The van der Waals surface area contributed by atoms with Gasteiger partial charge in [0.05, 0.1) is 0 Å². The molecule has 0 bridgehead atoms. The van der Waals surface area contributed by atoms with Crippen LogP contribution in [0, 0.1) is 0 Å². The van der Waals surface area contributed by atoms with Crippen molar-refractivity contribution < 1.29 is 19.4 Å². The van der Waals surface area contributed by atoms with E-state index in [1.807, 2.05) is 41.3 Å². The number of ether oxygens (including phenoxy) is 2. The van der Waals surface area contributed by atoms with Crippen molar-refractivity contribution in [3.8, 4) is 17.2 Å². The van der Waals surface area contributed by atoms with E-state index in [0.717, 1.165) is 41.2 Å². The van der Waals surface area contributed by atoms with Gasteiger partial charge in [-0.3, -0.25) is 15.1 Å².